The minimum absolute atomic E-state index is 0.150. The molecule has 0 saturated carbocycles. The lowest BCUT2D eigenvalue weighted by Gasteiger charge is -2.11. The van der Waals surface area contributed by atoms with Crippen LogP contribution in [0.1, 0.15) is 18.9 Å². The molecule has 1 unspecified atom stereocenters. The summed E-state index contributed by atoms with van der Waals surface area (Å²) in [6.45, 7) is 1.96. The van der Waals surface area contributed by atoms with Gasteiger partial charge in [0, 0.05) is 11.7 Å². The summed E-state index contributed by atoms with van der Waals surface area (Å²) in [6.07, 6.45) is 0.925. The third kappa shape index (κ3) is 3.70. The highest BCUT2D eigenvalue weighted by molar-refractivity contribution is 5.45. The molecular formula is C12H13N3. The van der Waals surface area contributed by atoms with E-state index in [2.05, 4.69) is 17.5 Å². The number of rotatable bonds is 4. The number of anilines is 1. The summed E-state index contributed by atoms with van der Waals surface area (Å²) >= 11 is 0. The number of nitrogens with zero attached hydrogens (tertiary/aromatic N) is 2. The van der Waals surface area contributed by atoms with Gasteiger partial charge in [-0.3, -0.25) is 0 Å². The second-order valence-corrected chi connectivity index (χ2v) is 3.44. The third-order valence-corrected chi connectivity index (χ3v) is 2.05. The predicted octanol–water partition coefficient (Wildman–Crippen LogP) is 2.47. The molecule has 1 rings (SSSR count). The van der Waals surface area contributed by atoms with E-state index in [1.54, 1.807) is 0 Å². The van der Waals surface area contributed by atoms with Crippen LogP contribution in [-0.2, 0) is 6.42 Å². The van der Waals surface area contributed by atoms with E-state index >= 15 is 0 Å². The van der Waals surface area contributed by atoms with Crippen LogP contribution in [-0.4, -0.2) is 6.04 Å². The zero-order valence-electron chi connectivity index (χ0n) is 8.70. The first-order valence-corrected chi connectivity index (χ1v) is 4.85. The lowest BCUT2D eigenvalue weighted by Crippen LogP contribution is -2.13. The molecule has 1 aromatic rings. The Morgan fingerprint density at radius 3 is 2.40 bits per heavy atom. The summed E-state index contributed by atoms with van der Waals surface area (Å²) in [4.78, 5) is 0. The molecule has 0 aliphatic heterocycles. The van der Waals surface area contributed by atoms with Gasteiger partial charge in [0.05, 0.1) is 25.0 Å². The fourth-order valence-electron chi connectivity index (χ4n) is 1.28. The number of benzene rings is 1. The summed E-state index contributed by atoms with van der Waals surface area (Å²) in [5, 5.41) is 20.2. The molecule has 15 heavy (non-hydrogen) atoms. The van der Waals surface area contributed by atoms with Gasteiger partial charge >= 0.3 is 0 Å². The largest absolute Gasteiger partial charge is 0.382 e. The Balaban J connectivity index is 2.58. The smallest absolute Gasteiger partial charge is 0.0669 e. The fraction of sp³-hybridized carbons (Fsp3) is 0.333. The number of nitriles is 2. The summed E-state index contributed by atoms with van der Waals surface area (Å²) in [7, 11) is 0. The number of hydrogen-bond acceptors (Lipinski definition) is 3. The van der Waals surface area contributed by atoms with Gasteiger partial charge < -0.3 is 5.32 Å². The summed E-state index contributed by atoms with van der Waals surface area (Å²) < 4.78 is 0. The normalized spacial score (nSPS) is 11.1. The van der Waals surface area contributed by atoms with Crippen molar-refractivity contribution in [2.24, 2.45) is 0 Å². The Bertz CT molecular complexity index is 381. The Morgan fingerprint density at radius 1 is 1.20 bits per heavy atom. The van der Waals surface area contributed by atoms with E-state index in [1.807, 2.05) is 31.2 Å². The molecular weight excluding hydrogens is 186 g/mol. The van der Waals surface area contributed by atoms with Gasteiger partial charge in [0.25, 0.3) is 0 Å². The molecule has 3 nitrogen and oxygen atoms in total. The van der Waals surface area contributed by atoms with Crippen molar-refractivity contribution in [1.29, 1.82) is 10.5 Å². The van der Waals surface area contributed by atoms with Gasteiger partial charge in [-0.05, 0) is 24.6 Å². The molecule has 0 aromatic heterocycles. The van der Waals surface area contributed by atoms with Crippen molar-refractivity contribution in [3.8, 4) is 12.1 Å². The van der Waals surface area contributed by atoms with E-state index in [0.717, 1.165) is 11.3 Å². The molecule has 0 heterocycles. The molecule has 76 valence electrons. The first kappa shape index (κ1) is 11.1. The number of hydrogen-bond donors (Lipinski definition) is 1. The van der Waals surface area contributed by atoms with E-state index in [9.17, 15) is 0 Å². The third-order valence-electron chi connectivity index (χ3n) is 2.05. The standard InChI is InChI=1S/C12H13N3/c1-10(6-8-13)15-12-4-2-11(3-5-12)7-9-14/h2-5,10,15H,6-7H2,1H3. The molecule has 0 aliphatic carbocycles. The molecule has 0 spiro atoms. The van der Waals surface area contributed by atoms with E-state index in [1.165, 1.54) is 0 Å². The van der Waals surface area contributed by atoms with Crippen LogP contribution in [0.25, 0.3) is 0 Å². The lowest BCUT2D eigenvalue weighted by molar-refractivity contribution is 0.821. The zero-order valence-corrected chi connectivity index (χ0v) is 8.70. The molecule has 1 N–H and O–H groups in total. The number of nitrogens with one attached hydrogen (secondary N) is 1. The van der Waals surface area contributed by atoms with Crippen molar-refractivity contribution < 1.29 is 0 Å². The molecule has 0 radical (unpaired) electrons. The van der Waals surface area contributed by atoms with E-state index in [4.69, 9.17) is 10.5 Å². The minimum atomic E-state index is 0.150. The van der Waals surface area contributed by atoms with Gasteiger partial charge in [-0.1, -0.05) is 12.1 Å². The topological polar surface area (TPSA) is 59.6 Å². The first-order valence-electron chi connectivity index (χ1n) is 4.85. The van der Waals surface area contributed by atoms with Gasteiger partial charge in [0.2, 0.25) is 0 Å². The highest BCUT2D eigenvalue weighted by Crippen LogP contribution is 2.11. The average molecular weight is 199 g/mol. The lowest BCUT2D eigenvalue weighted by atomic mass is 10.1. The summed E-state index contributed by atoms with van der Waals surface area (Å²) in [5.74, 6) is 0. The van der Waals surface area contributed by atoms with Crippen LogP contribution in [0.3, 0.4) is 0 Å². The van der Waals surface area contributed by atoms with Crippen LogP contribution < -0.4 is 5.32 Å². The van der Waals surface area contributed by atoms with Crippen molar-refractivity contribution in [3.63, 3.8) is 0 Å². The molecule has 3 heteroatoms. The van der Waals surface area contributed by atoms with Gasteiger partial charge in [-0.15, -0.1) is 0 Å². The van der Waals surface area contributed by atoms with Crippen molar-refractivity contribution in [3.05, 3.63) is 29.8 Å². The molecule has 0 fully saturated rings. The van der Waals surface area contributed by atoms with Crippen molar-refractivity contribution in [2.45, 2.75) is 25.8 Å². The molecule has 0 amide bonds. The maximum Gasteiger partial charge on any atom is 0.0669 e. The second-order valence-electron chi connectivity index (χ2n) is 3.44. The van der Waals surface area contributed by atoms with Crippen LogP contribution >= 0.6 is 0 Å². The van der Waals surface area contributed by atoms with Crippen LogP contribution in [0, 0.1) is 22.7 Å². The SMILES string of the molecule is CC(CC#N)Nc1ccc(CC#N)cc1. The highest BCUT2D eigenvalue weighted by atomic mass is 14.9. The van der Waals surface area contributed by atoms with Gasteiger partial charge in [0.1, 0.15) is 0 Å². The monoisotopic (exact) mass is 199 g/mol. The Hall–Kier alpha value is -2.00. The van der Waals surface area contributed by atoms with Crippen LogP contribution in [0.4, 0.5) is 5.69 Å². The van der Waals surface area contributed by atoms with Gasteiger partial charge in [0.15, 0.2) is 0 Å². The quantitative estimate of drug-likeness (QED) is 0.810. The molecule has 1 aromatic carbocycles. The molecule has 0 aliphatic rings. The van der Waals surface area contributed by atoms with E-state index < -0.39 is 0 Å². The maximum absolute atomic E-state index is 8.50. The molecule has 0 bridgehead atoms. The summed E-state index contributed by atoms with van der Waals surface area (Å²) in [6, 6.07) is 12.1. The van der Waals surface area contributed by atoms with Crippen LogP contribution in [0.2, 0.25) is 0 Å². The van der Waals surface area contributed by atoms with E-state index in [0.29, 0.717) is 12.8 Å². The fourth-order valence-corrected chi connectivity index (χ4v) is 1.28. The van der Waals surface area contributed by atoms with Crippen LogP contribution in [0.5, 0.6) is 0 Å². The zero-order chi connectivity index (χ0) is 11.1. The van der Waals surface area contributed by atoms with Crippen LogP contribution in [0.15, 0.2) is 24.3 Å². The predicted molar refractivity (Wildman–Crippen MR) is 59.1 cm³/mol. The van der Waals surface area contributed by atoms with E-state index in [-0.39, 0.29) is 6.04 Å². The second kappa shape index (κ2) is 5.67. The average Bonchev–Trinajstić information content (AvgIpc) is 2.22. The Morgan fingerprint density at radius 2 is 1.87 bits per heavy atom. The Kier molecular flexibility index (Phi) is 4.19. The van der Waals surface area contributed by atoms with Gasteiger partial charge in [-0.25, -0.2) is 0 Å². The minimum Gasteiger partial charge on any atom is -0.382 e. The molecule has 0 saturated heterocycles. The van der Waals surface area contributed by atoms with Crippen molar-refractivity contribution >= 4 is 5.69 Å². The highest BCUT2D eigenvalue weighted by Gasteiger charge is 2.00. The van der Waals surface area contributed by atoms with Crippen molar-refractivity contribution in [1.82, 2.24) is 0 Å². The Labute approximate surface area is 90.0 Å². The van der Waals surface area contributed by atoms with Crippen molar-refractivity contribution in [2.75, 3.05) is 5.32 Å². The molecule has 1 atom stereocenters. The first-order chi connectivity index (χ1) is 7.26. The van der Waals surface area contributed by atoms with Gasteiger partial charge in [-0.2, -0.15) is 10.5 Å². The maximum atomic E-state index is 8.50. The summed E-state index contributed by atoms with van der Waals surface area (Å²) in [5.41, 5.74) is 2.00.